The lowest BCUT2D eigenvalue weighted by molar-refractivity contribution is -0.113. The van der Waals surface area contributed by atoms with Gasteiger partial charge in [-0.05, 0) is 79.5 Å². The number of halogens is 1. The molecule has 0 radical (unpaired) electrons. The molecule has 9 heteroatoms. The molecule has 1 aliphatic rings. The number of anilines is 2. The lowest BCUT2D eigenvalue weighted by Gasteiger charge is -2.33. The van der Waals surface area contributed by atoms with Crippen LogP contribution in [0.1, 0.15) is 65.3 Å². The molecule has 3 aromatic rings. The zero-order valence-electron chi connectivity index (χ0n) is 22.6. The number of benzene rings is 2. The van der Waals surface area contributed by atoms with Crippen molar-refractivity contribution in [2.24, 2.45) is 11.3 Å². The number of nitrogens with one attached hydrogen (secondary N) is 2. The normalized spacial score (nSPS) is 14.8. The highest BCUT2D eigenvalue weighted by Gasteiger charge is 2.34. The van der Waals surface area contributed by atoms with Crippen LogP contribution in [0, 0.1) is 11.3 Å². The van der Waals surface area contributed by atoms with Gasteiger partial charge in [-0.2, -0.15) is 0 Å². The van der Waals surface area contributed by atoms with Crippen LogP contribution in [0.5, 0.6) is 0 Å². The first-order chi connectivity index (χ1) is 18.5. The minimum atomic E-state index is -0.379. The van der Waals surface area contributed by atoms with Gasteiger partial charge in [-0.3, -0.25) is 9.59 Å². The van der Waals surface area contributed by atoms with Crippen LogP contribution in [0.3, 0.4) is 0 Å². The van der Waals surface area contributed by atoms with Crippen LogP contribution in [-0.4, -0.2) is 30.1 Å². The molecule has 1 unspecified atom stereocenters. The van der Waals surface area contributed by atoms with E-state index in [0.29, 0.717) is 32.8 Å². The third-order valence-electron chi connectivity index (χ3n) is 6.77. The molecule has 0 saturated carbocycles. The van der Waals surface area contributed by atoms with E-state index in [1.165, 1.54) is 23.1 Å². The highest BCUT2D eigenvalue weighted by Crippen LogP contribution is 2.44. The first kappa shape index (κ1) is 29.2. The summed E-state index contributed by atoms with van der Waals surface area (Å²) >= 11 is 8.85. The number of carbonyl (C=O) groups excluding carboxylic acids is 3. The van der Waals surface area contributed by atoms with E-state index >= 15 is 0 Å². The van der Waals surface area contributed by atoms with Crippen LogP contribution in [0.25, 0.3) is 0 Å². The molecule has 2 N–H and O–H groups in total. The van der Waals surface area contributed by atoms with Gasteiger partial charge < -0.3 is 15.4 Å². The Kier molecular flexibility index (Phi) is 9.41. The van der Waals surface area contributed by atoms with Gasteiger partial charge in [0.05, 0.1) is 17.9 Å². The maximum Gasteiger partial charge on any atom is 0.341 e. The topological polar surface area (TPSA) is 84.5 Å². The van der Waals surface area contributed by atoms with Crippen LogP contribution in [0.4, 0.5) is 10.7 Å². The van der Waals surface area contributed by atoms with Crippen molar-refractivity contribution < 1.29 is 19.1 Å². The van der Waals surface area contributed by atoms with Gasteiger partial charge in [0, 0.05) is 26.0 Å². The first-order valence-electron chi connectivity index (χ1n) is 13.0. The van der Waals surface area contributed by atoms with Crippen LogP contribution in [0.15, 0.2) is 53.4 Å². The van der Waals surface area contributed by atoms with Crippen molar-refractivity contribution in [3.8, 4) is 0 Å². The Morgan fingerprint density at radius 1 is 1.10 bits per heavy atom. The Morgan fingerprint density at radius 3 is 2.59 bits per heavy atom. The summed E-state index contributed by atoms with van der Waals surface area (Å²) < 4.78 is 5.35. The Labute approximate surface area is 242 Å². The quantitative estimate of drug-likeness (QED) is 0.209. The van der Waals surface area contributed by atoms with Crippen molar-refractivity contribution in [2.45, 2.75) is 51.9 Å². The summed E-state index contributed by atoms with van der Waals surface area (Å²) in [6.07, 6.45) is 2.71. The standard InChI is InChI=1S/C30H33ClN2O4S2/c1-5-37-29(36)26-23-13-12-19(30(2,3)4)15-24(23)39-28(26)33-25(34)17-38-22-11-7-10-21(16-22)32-27(35)18-8-6-9-20(31)14-18/h6-11,14,16,19H,5,12-13,15,17H2,1-4H3,(H,32,35)(H,33,34). The number of ether oxygens (including phenoxy) is 1. The van der Waals surface area contributed by atoms with Crippen LogP contribution in [0.2, 0.25) is 5.02 Å². The minimum Gasteiger partial charge on any atom is -0.462 e. The van der Waals surface area contributed by atoms with Crippen molar-refractivity contribution in [1.82, 2.24) is 0 Å². The molecule has 0 saturated heterocycles. The number of thioether (sulfide) groups is 1. The van der Waals surface area contributed by atoms with Gasteiger partial charge in [0.2, 0.25) is 5.91 Å². The number of hydrogen-bond donors (Lipinski definition) is 2. The van der Waals surface area contributed by atoms with E-state index in [2.05, 4.69) is 31.4 Å². The van der Waals surface area contributed by atoms with Gasteiger partial charge in [0.25, 0.3) is 5.91 Å². The van der Waals surface area contributed by atoms with E-state index in [4.69, 9.17) is 16.3 Å². The molecule has 4 rings (SSSR count). The number of hydrogen-bond acceptors (Lipinski definition) is 6. The number of rotatable bonds is 8. The van der Waals surface area contributed by atoms with Gasteiger partial charge in [-0.25, -0.2) is 4.79 Å². The van der Waals surface area contributed by atoms with E-state index in [1.54, 1.807) is 37.3 Å². The fraction of sp³-hybridized carbons (Fsp3) is 0.367. The van der Waals surface area contributed by atoms with Gasteiger partial charge in [0.1, 0.15) is 5.00 Å². The summed E-state index contributed by atoms with van der Waals surface area (Å²) in [6, 6.07) is 14.1. The predicted octanol–water partition coefficient (Wildman–Crippen LogP) is 7.71. The van der Waals surface area contributed by atoms with Crippen LogP contribution < -0.4 is 10.6 Å². The Bertz CT molecular complexity index is 1380. The molecule has 206 valence electrons. The predicted molar refractivity (Wildman–Crippen MR) is 160 cm³/mol. The number of thiophene rings is 1. The van der Waals surface area contributed by atoms with Gasteiger partial charge >= 0.3 is 5.97 Å². The molecule has 0 aliphatic heterocycles. The molecule has 0 fully saturated rings. The summed E-state index contributed by atoms with van der Waals surface area (Å²) in [5.41, 5.74) is 2.78. The Hall–Kier alpha value is -2.81. The molecule has 1 heterocycles. The Morgan fingerprint density at radius 2 is 1.87 bits per heavy atom. The summed E-state index contributed by atoms with van der Waals surface area (Å²) in [5.74, 6) is -0.176. The summed E-state index contributed by atoms with van der Waals surface area (Å²) in [6.45, 7) is 8.81. The zero-order valence-corrected chi connectivity index (χ0v) is 24.9. The maximum absolute atomic E-state index is 13.0. The van der Waals surface area contributed by atoms with Gasteiger partial charge in [-0.15, -0.1) is 23.1 Å². The summed E-state index contributed by atoms with van der Waals surface area (Å²) in [7, 11) is 0. The first-order valence-corrected chi connectivity index (χ1v) is 15.1. The third-order valence-corrected chi connectivity index (χ3v) is 9.17. The van der Waals surface area contributed by atoms with E-state index in [0.717, 1.165) is 34.6 Å². The molecule has 1 atom stereocenters. The smallest absolute Gasteiger partial charge is 0.341 e. The minimum absolute atomic E-state index is 0.154. The monoisotopic (exact) mass is 584 g/mol. The molecule has 1 aromatic heterocycles. The van der Waals surface area contributed by atoms with E-state index in [-0.39, 0.29) is 35.6 Å². The second kappa shape index (κ2) is 12.6. The fourth-order valence-corrected chi connectivity index (χ4v) is 6.92. The molecule has 6 nitrogen and oxygen atoms in total. The van der Waals surface area contributed by atoms with Crippen molar-refractivity contribution in [1.29, 1.82) is 0 Å². The summed E-state index contributed by atoms with van der Waals surface area (Å²) in [4.78, 5) is 40.4. The SMILES string of the molecule is CCOC(=O)c1c(NC(=O)CSc2cccc(NC(=O)c3cccc(Cl)c3)c2)sc2c1CCC(C(C)(C)C)C2. The van der Waals surface area contributed by atoms with E-state index in [9.17, 15) is 14.4 Å². The highest BCUT2D eigenvalue weighted by atomic mass is 35.5. The van der Waals surface area contributed by atoms with Gasteiger partial charge in [-0.1, -0.05) is 44.5 Å². The lowest BCUT2D eigenvalue weighted by Crippen LogP contribution is -2.26. The van der Waals surface area contributed by atoms with Crippen molar-refractivity contribution in [2.75, 3.05) is 23.0 Å². The highest BCUT2D eigenvalue weighted by molar-refractivity contribution is 8.00. The van der Waals surface area contributed by atoms with E-state index in [1.807, 2.05) is 18.2 Å². The molecule has 1 aliphatic carbocycles. The number of amides is 2. The molecular formula is C30H33ClN2O4S2. The van der Waals surface area contributed by atoms with Crippen molar-refractivity contribution >= 4 is 63.2 Å². The average Bonchev–Trinajstić information content (AvgIpc) is 3.24. The van der Waals surface area contributed by atoms with Crippen molar-refractivity contribution in [3.05, 3.63) is 75.1 Å². The fourth-order valence-electron chi connectivity index (χ4n) is 4.64. The third kappa shape index (κ3) is 7.44. The number of esters is 1. The van der Waals surface area contributed by atoms with Gasteiger partial charge in [0.15, 0.2) is 0 Å². The van der Waals surface area contributed by atoms with Crippen LogP contribution >= 0.6 is 34.7 Å². The molecule has 0 spiro atoms. The zero-order chi connectivity index (χ0) is 28.2. The van der Waals surface area contributed by atoms with E-state index < -0.39 is 0 Å². The largest absolute Gasteiger partial charge is 0.462 e. The average molecular weight is 585 g/mol. The molecule has 2 amide bonds. The number of fused-ring (bicyclic) bond motifs is 1. The number of carbonyl (C=O) groups is 3. The lowest BCUT2D eigenvalue weighted by atomic mass is 9.72. The molecular weight excluding hydrogens is 552 g/mol. The molecule has 0 bridgehead atoms. The summed E-state index contributed by atoms with van der Waals surface area (Å²) in [5, 5.41) is 6.91. The van der Waals surface area contributed by atoms with Crippen molar-refractivity contribution in [3.63, 3.8) is 0 Å². The van der Waals surface area contributed by atoms with Crippen LogP contribution in [-0.2, 0) is 22.4 Å². The molecule has 2 aromatic carbocycles. The second-order valence-corrected chi connectivity index (χ2v) is 13.2. The molecule has 39 heavy (non-hydrogen) atoms. The maximum atomic E-state index is 13.0. The Balaban J connectivity index is 1.43. The second-order valence-electron chi connectivity index (χ2n) is 10.6.